The van der Waals surface area contributed by atoms with Gasteiger partial charge in [-0.05, 0) is 67.2 Å². The van der Waals surface area contributed by atoms with Crippen LogP contribution in [0.1, 0.15) is 29.8 Å². The third-order valence-corrected chi connectivity index (χ3v) is 6.23. The molecule has 2 saturated heterocycles. The van der Waals surface area contributed by atoms with Gasteiger partial charge in [0.2, 0.25) is 5.91 Å². The molecule has 0 bridgehead atoms. The molecule has 2 aromatic rings. The maximum atomic E-state index is 12.9. The van der Waals surface area contributed by atoms with Crippen LogP contribution in [0.2, 0.25) is 5.02 Å². The first-order valence-electron chi connectivity index (χ1n) is 9.56. The summed E-state index contributed by atoms with van der Waals surface area (Å²) >= 11 is 5.93. The van der Waals surface area contributed by atoms with Crippen molar-refractivity contribution < 1.29 is 14.0 Å². The van der Waals surface area contributed by atoms with E-state index in [0.29, 0.717) is 16.5 Å². The lowest BCUT2D eigenvalue weighted by Crippen LogP contribution is -2.44. The van der Waals surface area contributed by atoms with E-state index in [1.807, 2.05) is 28.0 Å². The largest absolute Gasteiger partial charge is 0.451 e. The van der Waals surface area contributed by atoms with Gasteiger partial charge in [0, 0.05) is 36.8 Å². The van der Waals surface area contributed by atoms with Crippen molar-refractivity contribution in [2.75, 3.05) is 26.2 Å². The number of furan rings is 1. The van der Waals surface area contributed by atoms with Gasteiger partial charge >= 0.3 is 0 Å². The van der Waals surface area contributed by atoms with E-state index in [1.54, 1.807) is 18.2 Å². The third-order valence-electron chi connectivity index (χ3n) is 5.98. The van der Waals surface area contributed by atoms with E-state index < -0.39 is 0 Å². The summed E-state index contributed by atoms with van der Waals surface area (Å²) in [4.78, 5) is 28.4. The lowest BCUT2D eigenvalue weighted by Gasteiger charge is -2.38. The van der Waals surface area contributed by atoms with Crippen LogP contribution >= 0.6 is 11.6 Å². The predicted molar refractivity (Wildman–Crippen MR) is 108 cm³/mol. The minimum atomic E-state index is -0.0679. The van der Waals surface area contributed by atoms with E-state index in [0.717, 1.165) is 51.0 Å². The number of benzene rings is 1. The van der Waals surface area contributed by atoms with Crippen molar-refractivity contribution in [3.63, 3.8) is 0 Å². The molecule has 2 fully saturated rings. The van der Waals surface area contributed by atoms with Crippen molar-refractivity contribution in [1.82, 2.24) is 9.80 Å². The van der Waals surface area contributed by atoms with Crippen LogP contribution < -0.4 is 0 Å². The van der Waals surface area contributed by atoms with Crippen LogP contribution in [0.25, 0.3) is 11.3 Å². The molecule has 0 unspecified atom stereocenters. The van der Waals surface area contributed by atoms with Gasteiger partial charge in [0.1, 0.15) is 5.76 Å². The number of rotatable bonds is 3. The fourth-order valence-corrected chi connectivity index (χ4v) is 4.35. The molecule has 0 radical (unpaired) electrons. The van der Waals surface area contributed by atoms with Crippen molar-refractivity contribution in [3.05, 3.63) is 59.8 Å². The third kappa shape index (κ3) is 3.59. The van der Waals surface area contributed by atoms with Crippen molar-refractivity contribution in [1.29, 1.82) is 0 Å². The Morgan fingerprint density at radius 3 is 2.29 bits per heavy atom. The van der Waals surface area contributed by atoms with Gasteiger partial charge in [-0.1, -0.05) is 18.2 Å². The van der Waals surface area contributed by atoms with Gasteiger partial charge in [0.25, 0.3) is 5.91 Å². The Bertz CT molecular complexity index is 895. The van der Waals surface area contributed by atoms with Gasteiger partial charge < -0.3 is 14.2 Å². The van der Waals surface area contributed by atoms with Gasteiger partial charge in [-0.15, -0.1) is 0 Å². The summed E-state index contributed by atoms with van der Waals surface area (Å²) in [5.41, 5.74) is 1.000. The Kier molecular flexibility index (Phi) is 5.02. The van der Waals surface area contributed by atoms with Gasteiger partial charge in [-0.3, -0.25) is 9.59 Å². The molecule has 4 rings (SSSR count). The summed E-state index contributed by atoms with van der Waals surface area (Å²) in [6.45, 7) is 6.47. The highest BCUT2D eigenvalue weighted by atomic mass is 35.5. The first-order valence-corrected chi connectivity index (χ1v) is 9.94. The van der Waals surface area contributed by atoms with Gasteiger partial charge in [-0.2, -0.15) is 0 Å². The van der Waals surface area contributed by atoms with Crippen LogP contribution in [-0.4, -0.2) is 47.8 Å². The quantitative estimate of drug-likeness (QED) is 0.726. The summed E-state index contributed by atoms with van der Waals surface area (Å²) in [5, 5.41) is 0.662. The Labute approximate surface area is 169 Å². The number of amides is 2. The number of halogens is 1. The van der Waals surface area contributed by atoms with E-state index in [1.165, 1.54) is 6.08 Å². The molecule has 0 N–H and O–H groups in total. The topological polar surface area (TPSA) is 53.8 Å². The molecule has 2 aliphatic heterocycles. The number of hydrogen-bond acceptors (Lipinski definition) is 3. The van der Waals surface area contributed by atoms with E-state index in [9.17, 15) is 9.59 Å². The van der Waals surface area contributed by atoms with E-state index in [4.69, 9.17) is 16.0 Å². The molecule has 6 heteroatoms. The van der Waals surface area contributed by atoms with Crippen LogP contribution in [0.3, 0.4) is 0 Å². The highest BCUT2D eigenvalue weighted by Gasteiger charge is 2.43. The SMILES string of the molecule is C=CC(=O)N1CCC2(CC1)CCN(C(=O)c1ccc(-c3ccc(Cl)cc3)o1)C2. The lowest BCUT2D eigenvalue weighted by molar-refractivity contribution is -0.128. The Morgan fingerprint density at radius 2 is 1.64 bits per heavy atom. The highest BCUT2D eigenvalue weighted by molar-refractivity contribution is 6.30. The van der Waals surface area contributed by atoms with Crippen molar-refractivity contribution in [3.8, 4) is 11.3 Å². The van der Waals surface area contributed by atoms with E-state index in [2.05, 4.69) is 6.58 Å². The summed E-state index contributed by atoms with van der Waals surface area (Å²) in [6, 6.07) is 10.9. The zero-order valence-electron chi connectivity index (χ0n) is 15.7. The lowest BCUT2D eigenvalue weighted by atomic mass is 9.78. The molecule has 0 atom stereocenters. The molecular weight excluding hydrogens is 376 g/mol. The summed E-state index contributed by atoms with van der Waals surface area (Å²) in [6.07, 6.45) is 4.19. The first-order chi connectivity index (χ1) is 13.5. The van der Waals surface area contributed by atoms with Crippen molar-refractivity contribution in [2.45, 2.75) is 19.3 Å². The summed E-state index contributed by atoms with van der Waals surface area (Å²) in [5.74, 6) is 0.944. The van der Waals surface area contributed by atoms with Crippen LogP contribution in [0.15, 0.2) is 53.5 Å². The van der Waals surface area contributed by atoms with E-state index >= 15 is 0 Å². The van der Waals surface area contributed by atoms with Crippen LogP contribution in [0.4, 0.5) is 0 Å². The molecule has 1 aromatic heterocycles. The zero-order valence-corrected chi connectivity index (χ0v) is 16.5. The standard InChI is InChI=1S/C22H23ClN2O3/c1-2-20(26)24-12-9-22(10-13-24)11-14-25(15-22)21(27)19-8-7-18(28-19)16-3-5-17(23)6-4-16/h2-8H,1,9-15H2. The molecule has 0 saturated carbocycles. The normalized spacial score (nSPS) is 18.5. The molecule has 28 heavy (non-hydrogen) atoms. The Balaban J connectivity index is 1.41. The van der Waals surface area contributed by atoms with Gasteiger partial charge in [0.15, 0.2) is 5.76 Å². The zero-order chi connectivity index (χ0) is 19.7. The number of carbonyl (C=O) groups is 2. The summed E-state index contributed by atoms with van der Waals surface area (Å²) < 4.78 is 5.82. The fraction of sp³-hybridized carbons (Fsp3) is 0.364. The highest BCUT2D eigenvalue weighted by Crippen LogP contribution is 2.41. The van der Waals surface area contributed by atoms with Gasteiger partial charge in [-0.25, -0.2) is 0 Å². The number of nitrogens with zero attached hydrogens (tertiary/aromatic N) is 2. The first kappa shape index (κ1) is 18.8. The number of piperidine rings is 1. The Morgan fingerprint density at radius 1 is 1.00 bits per heavy atom. The predicted octanol–water partition coefficient (Wildman–Crippen LogP) is 4.24. The molecule has 146 valence electrons. The maximum absolute atomic E-state index is 12.9. The molecule has 1 spiro atoms. The number of carbonyl (C=O) groups excluding carboxylic acids is 2. The maximum Gasteiger partial charge on any atom is 0.289 e. The summed E-state index contributed by atoms with van der Waals surface area (Å²) in [7, 11) is 0. The molecule has 5 nitrogen and oxygen atoms in total. The second-order valence-corrected chi connectivity index (χ2v) is 8.11. The van der Waals surface area contributed by atoms with Crippen LogP contribution in [0, 0.1) is 5.41 Å². The van der Waals surface area contributed by atoms with Crippen molar-refractivity contribution in [2.24, 2.45) is 5.41 Å². The monoisotopic (exact) mass is 398 g/mol. The van der Waals surface area contributed by atoms with E-state index in [-0.39, 0.29) is 17.2 Å². The Hall–Kier alpha value is -2.53. The van der Waals surface area contributed by atoms with Crippen LogP contribution in [0.5, 0.6) is 0 Å². The molecule has 0 aliphatic carbocycles. The molecular formula is C22H23ClN2O3. The average Bonchev–Trinajstić information content (AvgIpc) is 3.36. The second-order valence-electron chi connectivity index (χ2n) is 7.68. The van der Waals surface area contributed by atoms with Crippen molar-refractivity contribution >= 4 is 23.4 Å². The average molecular weight is 399 g/mol. The smallest absolute Gasteiger partial charge is 0.289 e. The molecule has 1 aromatic carbocycles. The number of likely N-dealkylation sites (tertiary alicyclic amines) is 2. The minimum absolute atomic E-state index is 0.00825. The van der Waals surface area contributed by atoms with Gasteiger partial charge in [0.05, 0.1) is 0 Å². The number of hydrogen-bond donors (Lipinski definition) is 0. The fourth-order valence-electron chi connectivity index (χ4n) is 4.23. The van der Waals surface area contributed by atoms with Crippen LogP contribution in [-0.2, 0) is 4.79 Å². The molecule has 2 amide bonds. The minimum Gasteiger partial charge on any atom is -0.451 e. The second kappa shape index (κ2) is 7.47. The molecule has 2 aliphatic rings. The molecule has 3 heterocycles.